The molecule has 0 saturated carbocycles. The Kier molecular flexibility index (Phi) is 6.39. The van der Waals surface area contributed by atoms with Crippen LogP contribution < -0.4 is 10.2 Å². The molecular formula is C19H28N4. The Balaban J connectivity index is 2.21. The third kappa shape index (κ3) is 5.23. The third-order valence-corrected chi connectivity index (χ3v) is 3.75. The number of unbranched alkanes of at least 4 members (excludes halogenated alkanes) is 1. The van der Waals surface area contributed by atoms with Crippen LogP contribution in [0, 0.1) is 6.92 Å². The number of rotatable bonds is 8. The van der Waals surface area contributed by atoms with Crippen LogP contribution in [0.1, 0.15) is 44.9 Å². The summed E-state index contributed by atoms with van der Waals surface area (Å²) < 4.78 is 0. The molecule has 1 N–H and O–H groups in total. The first kappa shape index (κ1) is 17.3. The van der Waals surface area contributed by atoms with E-state index in [9.17, 15) is 0 Å². The number of anilines is 2. The molecule has 0 atom stereocenters. The number of nitrogens with zero attached hydrogens (tertiary/aromatic N) is 3. The molecule has 0 aliphatic heterocycles. The Labute approximate surface area is 140 Å². The number of hydrogen-bond donors (Lipinski definition) is 1. The molecule has 0 saturated heterocycles. The highest BCUT2D eigenvalue weighted by molar-refractivity contribution is 5.44. The van der Waals surface area contributed by atoms with Gasteiger partial charge in [-0.05, 0) is 32.8 Å². The minimum atomic E-state index is 0.334. The summed E-state index contributed by atoms with van der Waals surface area (Å²) in [6.07, 6.45) is 2.33. The molecular weight excluding hydrogens is 284 g/mol. The van der Waals surface area contributed by atoms with Gasteiger partial charge < -0.3 is 10.2 Å². The minimum absolute atomic E-state index is 0.334. The smallest absolute Gasteiger partial charge is 0.228 e. The Morgan fingerprint density at radius 3 is 2.52 bits per heavy atom. The minimum Gasteiger partial charge on any atom is -0.370 e. The lowest BCUT2D eigenvalue weighted by Gasteiger charge is -2.27. The second kappa shape index (κ2) is 8.51. The van der Waals surface area contributed by atoms with Gasteiger partial charge in [0, 0.05) is 30.9 Å². The first-order valence-corrected chi connectivity index (χ1v) is 8.50. The van der Waals surface area contributed by atoms with Gasteiger partial charge in [-0.15, -0.1) is 0 Å². The number of aromatic nitrogens is 2. The predicted molar refractivity (Wildman–Crippen MR) is 97.9 cm³/mol. The van der Waals surface area contributed by atoms with Crippen molar-refractivity contribution >= 4 is 11.8 Å². The van der Waals surface area contributed by atoms with Crippen LogP contribution in [0.25, 0.3) is 0 Å². The van der Waals surface area contributed by atoms with Crippen LogP contribution in [-0.2, 0) is 6.54 Å². The molecule has 1 aromatic carbocycles. The van der Waals surface area contributed by atoms with Gasteiger partial charge in [-0.2, -0.15) is 4.98 Å². The highest BCUT2D eigenvalue weighted by atomic mass is 15.3. The summed E-state index contributed by atoms with van der Waals surface area (Å²) in [6.45, 7) is 10.3. The van der Waals surface area contributed by atoms with Gasteiger partial charge in [-0.25, -0.2) is 4.98 Å². The number of aryl methyl sites for hydroxylation is 1. The Hall–Kier alpha value is -2.10. The van der Waals surface area contributed by atoms with Crippen molar-refractivity contribution in [3.8, 4) is 0 Å². The van der Waals surface area contributed by atoms with Crippen LogP contribution >= 0.6 is 0 Å². The predicted octanol–water partition coefficient (Wildman–Crippen LogP) is 4.41. The van der Waals surface area contributed by atoms with Gasteiger partial charge in [0.2, 0.25) is 5.95 Å². The van der Waals surface area contributed by atoms with E-state index in [1.54, 1.807) is 0 Å². The summed E-state index contributed by atoms with van der Waals surface area (Å²) in [7, 11) is 0. The molecule has 2 rings (SSSR count). The zero-order chi connectivity index (χ0) is 16.7. The fraction of sp³-hybridized carbons (Fsp3) is 0.474. The summed E-state index contributed by atoms with van der Waals surface area (Å²) in [5, 5.41) is 3.41. The zero-order valence-corrected chi connectivity index (χ0v) is 14.7. The number of hydrogen-bond acceptors (Lipinski definition) is 4. The standard InChI is InChI=1S/C19H28N4/c1-5-6-12-20-18-13-16(4)21-19(22-18)23(15(2)3)14-17-10-8-7-9-11-17/h7-11,13,15H,5-6,12,14H2,1-4H3,(H,20,21,22). The van der Waals surface area contributed by atoms with Crippen LogP contribution in [0.5, 0.6) is 0 Å². The molecule has 0 amide bonds. The molecule has 1 heterocycles. The molecule has 124 valence electrons. The average Bonchev–Trinajstić information content (AvgIpc) is 2.53. The van der Waals surface area contributed by atoms with Gasteiger partial charge in [0.25, 0.3) is 0 Å². The van der Waals surface area contributed by atoms with E-state index in [4.69, 9.17) is 4.98 Å². The van der Waals surface area contributed by atoms with Crippen LogP contribution in [0.15, 0.2) is 36.4 Å². The topological polar surface area (TPSA) is 41.1 Å². The maximum absolute atomic E-state index is 4.73. The molecule has 23 heavy (non-hydrogen) atoms. The van der Waals surface area contributed by atoms with E-state index in [0.29, 0.717) is 6.04 Å². The maximum atomic E-state index is 4.73. The zero-order valence-electron chi connectivity index (χ0n) is 14.7. The molecule has 0 radical (unpaired) electrons. The number of nitrogens with one attached hydrogen (secondary N) is 1. The van der Waals surface area contributed by atoms with E-state index in [0.717, 1.165) is 37.0 Å². The maximum Gasteiger partial charge on any atom is 0.228 e. The second-order valence-corrected chi connectivity index (χ2v) is 6.18. The average molecular weight is 312 g/mol. The third-order valence-electron chi connectivity index (χ3n) is 3.75. The van der Waals surface area contributed by atoms with Gasteiger partial charge in [0.05, 0.1) is 0 Å². The van der Waals surface area contributed by atoms with Crippen molar-refractivity contribution in [3.05, 3.63) is 47.7 Å². The molecule has 0 fully saturated rings. The van der Waals surface area contributed by atoms with E-state index in [1.807, 2.05) is 19.1 Å². The van der Waals surface area contributed by atoms with Gasteiger partial charge in [-0.1, -0.05) is 43.7 Å². The summed E-state index contributed by atoms with van der Waals surface area (Å²) in [4.78, 5) is 11.6. The summed E-state index contributed by atoms with van der Waals surface area (Å²) in [6, 6.07) is 12.8. The fourth-order valence-corrected chi connectivity index (χ4v) is 2.43. The molecule has 0 unspecified atom stereocenters. The van der Waals surface area contributed by atoms with E-state index in [-0.39, 0.29) is 0 Å². The summed E-state index contributed by atoms with van der Waals surface area (Å²) >= 11 is 0. The van der Waals surface area contributed by atoms with Crippen LogP contribution in [0.2, 0.25) is 0 Å². The second-order valence-electron chi connectivity index (χ2n) is 6.18. The van der Waals surface area contributed by atoms with Crippen molar-refractivity contribution in [2.45, 2.75) is 53.1 Å². The van der Waals surface area contributed by atoms with Gasteiger partial charge in [0.15, 0.2) is 0 Å². The quantitative estimate of drug-likeness (QED) is 0.733. The van der Waals surface area contributed by atoms with E-state index in [1.165, 1.54) is 12.0 Å². The highest BCUT2D eigenvalue weighted by Gasteiger charge is 2.15. The fourth-order valence-electron chi connectivity index (χ4n) is 2.43. The lowest BCUT2D eigenvalue weighted by molar-refractivity contribution is 0.659. The first-order valence-electron chi connectivity index (χ1n) is 8.50. The number of benzene rings is 1. The molecule has 2 aromatic rings. The molecule has 0 spiro atoms. The van der Waals surface area contributed by atoms with Crippen LogP contribution in [0.3, 0.4) is 0 Å². The SMILES string of the molecule is CCCCNc1cc(C)nc(N(Cc2ccccc2)C(C)C)n1. The first-order chi connectivity index (χ1) is 11.1. The lowest BCUT2D eigenvalue weighted by atomic mass is 10.2. The van der Waals surface area contributed by atoms with E-state index >= 15 is 0 Å². The normalized spacial score (nSPS) is 10.8. The molecule has 0 bridgehead atoms. The van der Waals surface area contributed by atoms with Crippen molar-refractivity contribution in [1.82, 2.24) is 9.97 Å². The van der Waals surface area contributed by atoms with E-state index in [2.05, 4.69) is 60.2 Å². The molecule has 4 nitrogen and oxygen atoms in total. The van der Waals surface area contributed by atoms with Crippen molar-refractivity contribution < 1.29 is 0 Å². The molecule has 1 aromatic heterocycles. The molecule has 4 heteroatoms. The van der Waals surface area contributed by atoms with Crippen LogP contribution in [-0.4, -0.2) is 22.6 Å². The van der Waals surface area contributed by atoms with Crippen molar-refractivity contribution in [1.29, 1.82) is 0 Å². The summed E-state index contributed by atoms with van der Waals surface area (Å²) in [5.74, 6) is 1.71. The largest absolute Gasteiger partial charge is 0.370 e. The highest BCUT2D eigenvalue weighted by Crippen LogP contribution is 2.19. The Bertz CT molecular complexity index is 596. The van der Waals surface area contributed by atoms with Gasteiger partial charge in [-0.3, -0.25) is 0 Å². The van der Waals surface area contributed by atoms with Gasteiger partial charge >= 0.3 is 0 Å². The van der Waals surface area contributed by atoms with Crippen molar-refractivity contribution in [2.75, 3.05) is 16.8 Å². The lowest BCUT2D eigenvalue weighted by Crippen LogP contribution is -2.32. The monoisotopic (exact) mass is 312 g/mol. The van der Waals surface area contributed by atoms with Crippen LogP contribution in [0.4, 0.5) is 11.8 Å². The van der Waals surface area contributed by atoms with Gasteiger partial charge in [0.1, 0.15) is 5.82 Å². The molecule has 0 aliphatic rings. The summed E-state index contributed by atoms with van der Waals surface area (Å²) in [5.41, 5.74) is 2.26. The Morgan fingerprint density at radius 2 is 1.87 bits per heavy atom. The van der Waals surface area contributed by atoms with Crippen molar-refractivity contribution in [2.24, 2.45) is 0 Å². The Morgan fingerprint density at radius 1 is 1.13 bits per heavy atom. The molecule has 0 aliphatic carbocycles. The van der Waals surface area contributed by atoms with Crippen molar-refractivity contribution in [3.63, 3.8) is 0 Å². The van der Waals surface area contributed by atoms with E-state index < -0.39 is 0 Å².